The molecule has 8 nitrogen and oxygen atoms in total. The van der Waals surface area contributed by atoms with Crippen molar-refractivity contribution in [1.82, 2.24) is 34.6 Å². The van der Waals surface area contributed by atoms with E-state index in [-0.39, 0.29) is 6.04 Å². The number of likely N-dealkylation sites (N-methyl/N-ethyl adjacent to an activating group) is 1. The van der Waals surface area contributed by atoms with Crippen molar-refractivity contribution in [2.24, 2.45) is 7.05 Å². The second-order valence-electron chi connectivity index (χ2n) is 6.15. The third kappa shape index (κ3) is 2.44. The normalized spacial score (nSPS) is 19.2. The number of nitrogens with one attached hydrogen (secondary N) is 1. The van der Waals surface area contributed by atoms with Crippen molar-refractivity contribution in [2.45, 2.75) is 13.0 Å². The summed E-state index contributed by atoms with van der Waals surface area (Å²) in [4.78, 5) is 7.33. The number of nitrogens with zero attached hydrogens (tertiary/aromatic N) is 6. The van der Waals surface area contributed by atoms with E-state index in [1.165, 1.54) is 0 Å². The van der Waals surface area contributed by atoms with Crippen LogP contribution in [0.25, 0.3) is 16.8 Å². The van der Waals surface area contributed by atoms with E-state index >= 15 is 0 Å². The summed E-state index contributed by atoms with van der Waals surface area (Å²) in [5, 5.41) is 12.1. The van der Waals surface area contributed by atoms with Crippen molar-refractivity contribution < 1.29 is 0 Å². The maximum absolute atomic E-state index is 6.25. The number of rotatable bonds is 3. The highest BCUT2D eigenvalue weighted by Gasteiger charge is 2.25. The Kier molecular flexibility index (Phi) is 3.70. The smallest absolute Gasteiger partial charge is 0.165 e. The number of aryl methyl sites for hydroxylation is 1. The van der Waals surface area contributed by atoms with Gasteiger partial charge in [-0.2, -0.15) is 14.7 Å². The fraction of sp³-hybridized carbons (Fsp3) is 0.438. The van der Waals surface area contributed by atoms with Gasteiger partial charge in [-0.05, 0) is 6.54 Å². The number of nitrogens with two attached hydrogens (primary N) is 1. The molecule has 8 heteroatoms. The first-order chi connectivity index (χ1) is 11.7. The Bertz CT molecular complexity index is 864. The van der Waals surface area contributed by atoms with Crippen LogP contribution >= 0.6 is 0 Å². The fourth-order valence-corrected chi connectivity index (χ4v) is 3.36. The minimum absolute atomic E-state index is 0.229. The molecule has 0 aliphatic carbocycles. The number of fused-ring (bicyclic) bond motifs is 1. The van der Waals surface area contributed by atoms with E-state index in [1.54, 1.807) is 15.4 Å². The van der Waals surface area contributed by atoms with E-state index in [0.717, 1.165) is 48.6 Å². The highest BCUT2D eigenvalue weighted by molar-refractivity contribution is 5.77. The minimum Gasteiger partial charge on any atom is -0.384 e. The van der Waals surface area contributed by atoms with Crippen LogP contribution in [0.15, 0.2) is 24.7 Å². The second-order valence-corrected chi connectivity index (χ2v) is 6.15. The summed E-state index contributed by atoms with van der Waals surface area (Å²) in [6.45, 7) is 6.08. The van der Waals surface area contributed by atoms with Crippen LogP contribution < -0.4 is 11.1 Å². The quantitative estimate of drug-likeness (QED) is 0.736. The second kappa shape index (κ2) is 5.88. The van der Waals surface area contributed by atoms with Gasteiger partial charge in [-0.15, -0.1) is 0 Å². The van der Waals surface area contributed by atoms with Gasteiger partial charge in [-0.25, -0.2) is 4.98 Å². The zero-order chi connectivity index (χ0) is 16.7. The molecule has 4 rings (SSSR count). The van der Waals surface area contributed by atoms with E-state index in [4.69, 9.17) is 10.7 Å². The summed E-state index contributed by atoms with van der Waals surface area (Å²) >= 11 is 0. The molecule has 0 bridgehead atoms. The number of hydrogen-bond acceptors (Lipinski definition) is 6. The van der Waals surface area contributed by atoms with E-state index < -0.39 is 0 Å². The maximum atomic E-state index is 6.25. The Morgan fingerprint density at radius 2 is 2.21 bits per heavy atom. The van der Waals surface area contributed by atoms with Crippen molar-refractivity contribution >= 4 is 11.5 Å². The molecule has 0 radical (unpaired) electrons. The monoisotopic (exact) mass is 326 g/mol. The Labute approximate surface area is 140 Å². The fourth-order valence-electron chi connectivity index (χ4n) is 3.36. The molecular weight excluding hydrogens is 304 g/mol. The first-order valence-corrected chi connectivity index (χ1v) is 8.25. The van der Waals surface area contributed by atoms with E-state index in [2.05, 4.69) is 27.3 Å². The van der Waals surface area contributed by atoms with Crippen molar-refractivity contribution in [3.8, 4) is 11.1 Å². The Morgan fingerprint density at radius 1 is 1.33 bits per heavy atom. The number of anilines is 1. The Balaban J connectivity index is 1.83. The molecule has 3 aromatic heterocycles. The Morgan fingerprint density at radius 3 is 2.96 bits per heavy atom. The van der Waals surface area contributed by atoms with Gasteiger partial charge >= 0.3 is 0 Å². The lowest BCUT2D eigenvalue weighted by molar-refractivity contribution is 0.167. The summed E-state index contributed by atoms with van der Waals surface area (Å²) in [6.07, 6.45) is 5.58. The van der Waals surface area contributed by atoms with Gasteiger partial charge in [-0.1, -0.05) is 6.92 Å². The lowest BCUT2D eigenvalue weighted by Gasteiger charge is -2.35. The van der Waals surface area contributed by atoms with Crippen LogP contribution in [0.5, 0.6) is 0 Å². The number of hydrogen-bond donors (Lipinski definition) is 2. The highest BCUT2D eigenvalue weighted by Crippen LogP contribution is 2.28. The average Bonchev–Trinajstić information content (AvgIpc) is 3.21. The summed E-state index contributed by atoms with van der Waals surface area (Å²) < 4.78 is 3.47. The van der Waals surface area contributed by atoms with Gasteiger partial charge in [0, 0.05) is 50.1 Å². The van der Waals surface area contributed by atoms with Gasteiger partial charge in [-0.3, -0.25) is 9.58 Å². The predicted octanol–water partition coefficient (Wildman–Crippen LogP) is 0.678. The molecule has 3 aromatic rings. The van der Waals surface area contributed by atoms with E-state index in [1.807, 2.05) is 25.5 Å². The standard InChI is InChI=1S/C16H22N8/c1-3-23-5-4-18-9-14(23)13-6-15(17)24-16(21-13)12(8-20-24)11-7-19-22(2)10-11/h6-8,10,14,18H,3-5,9,17H2,1-2H3. The van der Waals surface area contributed by atoms with Gasteiger partial charge < -0.3 is 11.1 Å². The maximum Gasteiger partial charge on any atom is 0.165 e. The third-order valence-electron chi connectivity index (χ3n) is 4.64. The molecule has 3 N–H and O–H groups in total. The van der Waals surface area contributed by atoms with Crippen LogP contribution in [0.1, 0.15) is 18.7 Å². The van der Waals surface area contributed by atoms with Crippen LogP contribution in [0.2, 0.25) is 0 Å². The first kappa shape index (κ1) is 15.1. The van der Waals surface area contributed by atoms with Gasteiger partial charge in [0.2, 0.25) is 0 Å². The molecule has 0 amide bonds. The van der Waals surface area contributed by atoms with Gasteiger partial charge in [0.05, 0.1) is 24.1 Å². The first-order valence-electron chi connectivity index (χ1n) is 8.25. The zero-order valence-corrected chi connectivity index (χ0v) is 14.0. The van der Waals surface area contributed by atoms with Crippen LogP contribution in [0, 0.1) is 0 Å². The zero-order valence-electron chi connectivity index (χ0n) is 14.0. The molecule has 0 saturated carbocycles. The molecular formula is C16H22N8. The molecule has 1 aliphatic heterocycles. The van der Waals surface area contributed by atoms with Crippen molar-refractivity contribution in [1.29, 1.82) is 0 Å². The van der Waals surface area contributed by atoms with Crippen molar-refractivity contribution in [2.75, 3.05) is 31.9 Å². The predicted molar refractivity (Wildman–Crippen MR) is 92.5 cm³/mol. The summed E-state index contributed by atoms with van der Waals surface area (Å²) in [5.41, 5.74) is 9.95. The van der Waals surface area contributed by atoms with E-state index in [0.29, 0.717) is 5.82 Å². The largest absolute Gasteiger partial charge is 0.384 e. The van der Waals surface area contributed by atoms with Gasteiger partial charge in [0.15, 0.2) is 5.65 Å². The van der Waals surface area contributed by atoms with Crippen molar-refractivity contribution in [3.05, 3.63) is 30.4 Å². The van der Waals surface area contributed by atoms with Crippen LogP contribution in [0.4, 0.5) is 5.82 Å². The molecule has 24 heavy (non-hydrogen) atoms. The number of nitrogen functional groups attached to an aromatic ring is 1. The van der Waals surface area contributed by atoms with Crippen molar-refractivity contribution in [3.63, 3.8) is 0 Å². The van der Waals surface area contributed by atoms with E-state index in [9.17, 15) is 0 Å². The summed E-state index contributed by atoms with van der Waals surface area (Å²) in [7, 11) is 1.90. The topological polar surface area (TPSA) is 89.3 Å². The molecule has 4 heterocycles. The molecule has 1 aliphatic rings. The van der Waals surface area contributed by atoms with Gasteiger partial charge in [0.1, 0.15) is 5.82 Å². The minimum atomic E-state index is 0.229. The summed E-state index contributed by atoms with van der Waals surface area (Å²) in [6, 6.07) is 2.17. The molecule has 126 valence electrons. The Hall–Kier alpha value is -2.45. The molecule has 1 fully saturated rings. The van der Waals surface area contributed by atoms with Crippen LogP contribution in [-0.2, 0) is 7.05 Å². The summed E-state index contributed by atoms with van der Waals surface area (Å²) in [5.74, 6) is 0.603. The molecule has 1 saturated heterocycles. The highest BCUT2D eigenvalue weighted by atomic mass is 15.3. The molecule has 0 aromatic carbocycles. The van der Waals surface area contributed by atoms with Crippen LogP contribution in [0.3, 0.4) is 0 Å². The molecule has 0 spiro atoms. The number of piperazine rings is 1. The molecule has 1 atom stereocenters. The lowest BCUT2D eigenvalue weighted by Crippen LogP contribution is -2.46. The van der Waals surface area contributed by atoms with Crippen LogP contribution in [-0.4, -0.2) is 55.5 Å². The SMILES string of the molecule is CCN1CCNCC1c1cc(N)n2ncc(-c3cnn(C)c3)c2n1. The third-order valence-corrected chi connectivity index (χ3v) is 4.64. The van der Waals surface area contributed by atoms with Gasteiger partial charge in [0.25, 0.3) is 0 Å². The lowest BCUT2D eigenvalue weighted by atomic mass is 10.1. The average molecular weight is 326 g/mol. The molecule has 1 unspecified atom stereocenters. The number of aromatic nitrogens is 5.